The molecule has 1 aromatic carbocycles. The third kappa shape index (κ3) is 5.26. The zero-order valence-electron chi connectivity index (χ0n) is 16.1. The van der Waals surface area contributed by atoms with E-state index in [4.69, 9.17) is 9.47 Å². The fraction of sp³-hybridized carbons (Fsp3) is 0.476. The molecule has 2 atom stereocenters. The number of rotatable bonds is 7. The molecule has 0 radical (unpaired) electrons. The van der Waals surface area contributed by atoms with Crippen molar-refractivity contribution in [2.75, 3.05) is 31.7 Å². The summed E-state index contributed by atoms with van der Waals surface area (Å²) in [5.41, 5.74) is 0.445. The van der Waals surface area contributed by atoms with Gasteiger partial charge in [0.25, 0.3) is 0 Å². The lowest BCUT2D eigenvalue weighted by atomic mass is 10.1. The van der Waals surface area contributed by atoms with Gasteiger partial charge in [-0.15, -0.1) is 11.3 Å². The maximum atomic E-state index is 13.7. The predicted molar refractivity (Wildman–Crippen MR) is 109 cm³/mol. The van der Waals surface area contributed by atoms with E-state index in [1.54, 1.807) is 4.90 Å². The summed E-state index contributed by atoms with van der Waals surface area (Å²) in [6, 6.07) is 7.34. The number of carbonyl (C=O) groups is 1. The molecular weight excluding hydrogens is 395 g/mol. The highest BCUT2D eigenvalue weighted by Crippen LogP contribution is 2.33. The van der Waals surface area contributed by atoms with Crippen LogP contribution in [0.3, 0.4) is 0 Å². The molecule has 2 fully saturated rings. The van der Waals surface area contributed by atoms with Crippen LogP contribution in [0.5, 0.6) is 5.75 Å². The standard InChI is InChI=1S/C21H25FN2O4S/c22-15-5-6-17(19(10-15)28-12-14-3-4-14)23-21(26)24-7-8-27-13-16(24)11-18(25)20-2-1-9-29-20/h1-2,5-6,9-10,14,16,18,25H,3-4,7-8,11-13H2,(H,23,26)/t16-,18+/m0/s1. The number of benzene rings is 1. The topological polar surface area (TPSA) is 71.0 Å². The molecule has 0 unspecified atom stereocenters. The second-order valence-corrected chi connectivity index (χ2v) is 8.49. The van der Waals surface area contributed by atoms with E-state index in [0.29, 0.717) is 50.1 Å². The highest BCUT2D eigenvalue weighted by atomic mass is 32.1. The van der Waals surface area contributed by atoms with Crippen LogP contribution in [0.1, 0.15) is 30.2 Å². The van der Waals surface area contributed by atoms with Crippen molar-refractivity contribution in [2.24, 2.45) is 5.92 Å². The molecule has 2 aliphatic rings. The first-order valence-electron chi connectivity index (χ1n) is 9.89. The minimum absolute atomic E-state index is 0.253. The van der Waals surface area contributed by atoms with Gasteiger partial charge in [0, 0.05) is 23.9 Å². The number of nitrogens with zero attached hydrogens (tertiary/aromatic N) is 1. The highest BCUT2D eigenvalue weighted by Gasteiger charge is 2.30. The zero-order chi connectivity index (χ0) is 20.2. The third-order valence-corrected chi connectivity index (χ3v) is 6.19. The SMILES string of the molecule is O=C(Nc1ccc(F)cc1OCC1CC1)N1CCOC[C@@H]1C[C@@H](O)c1cccs1. The average molecular weight is 421 g/mol. The van der Waals surface area contributed by atoms with Crippen molar-refractivity contribution in [1.29, 1.82) is 0 Å². The normalized spacial score (nSPS) is 20.3. The van der Waals surface area contributed by atoms with Crippen LogP contribution in [0.15, 0.2) is 35.7 Å². The number of carbonyl (C=O) groups excluding carboxylic acids is 1. The third-order valence-electron chi connectivity index (χ3n) is 5.21. The van der Waals surface area contributed by atoms with Crippen molar-refractivity contribution < 1.29 is 23.8 Å². The van der Waals surface area contributed by atoms with Gasteiger partial charge in [0.15, 0.2) is 0 Å². The van der Waals surface area contributed by atoms with Gasteiger partial charge in [-0.1, -0.05) is 6.07 Å². The second-order valence-electron chi connectivity index (χ2n) is 7.51. The zero-order valence-corrected chi connectivity index (χ0v) is 16.9. The molecule has 8 heteroatoms. The maximum absolute atomic E-state index is 13.7. The molecule has 29 heavy (non-hydrogen) atoms. The van der Waals surface area contributed by atoms with Gasteiger partial charge < -0.3 is 24.8 Å². The summed E-state index contributed by atoms with van der Waals surface area (Å²) in [6.45, 7) is 1.75. The van der Waals surface area contributed by atoms with Gasteiger partial charge in [-0.3, -0.25) is 0 Å². The van der Waals surface area contributed by atoms with E-state index in [2.05, 4.69) is 5.32 Å². The lowest BCUT2D eigenvalue weighted by molar-refractivity contribution is -0.00383. The number of nitrogens with one attached hydrogen (secondary N) is 1. The van der Waals surface area contributed by atoms with Crippen LogP contribution in [-0.4, -0.2) is 48.4 Å². The molecule has 1 aliphatic carbocycles. The number of urea groups is 1. The number of hydrogen-bond acceptors (Lipinski definition) is 5. The predicted octanol–water partition coefficient (Wildman–Crippen LogP) is 4.03. The number of anilines is 1. The molecule has 6 nitrogen and oxygen atoms in total. The van der Waals surface area contributed by atoms with E-state index in [-0.39, 0.29) is 12.1 Å². The van der Waals surface area contributed by atoms with Crippen LogP contribution in [0, 0.1) is 11.7 Å². The molecule has 2 amide bonds. The van der Waals surface area contributed by atoms with Crippen molar-refractivity contribution in [1.82, 2.24) is 4.90 Å². The summed E-state index contributed by atoms with van der Waals surface area (Å²) in [7, 11) is 0. The number of thiophene rings is 1. The van der Waals surface area contributed by atoms with E-state index < -0.39 is 11.9 Å². The Hall–Kier alpha value is -2.16. The summed E-state index contributed by atoms with van der Waals surface area (Å²) >= 11 is 1.49. The summed E-state index contributed by atoms with van der Waals surface area (Å²) in [6.07, 6.45) is 1.99. The van der Waals surface area contributed by atoms with Crippen molar-refractivity contribution >= 4 is 23.1 Å². The molecule has 1 aromatic heterocycles. The van der Waals surface area contributed by atoms with Crippen LogP contribution in [0.25, 0.3) is 0 Å². The summed E-state index contributed by atoms with van der Waals surface area (Å²) in [5.74, 6) is 0.454. The molecule has 4 rings (SSSR count). The molecule has 1 aliphatic heterocycles. The average Bonchev–Trinajstić information content (AvgIpc) is 3.38. The summed E-state index contributed by atoms with van der Waals surface area (Å²) in [5, 5.41) is 15.3. The first-order valence-corrected chi connectivity index (χ1v) is 10.8. The minimum Gasteiger partial charge on any atom is -0.491 e. The Balaban J connectivity index is 1.43. The summed E-state index contributed by atoms with van der Waals surface area (Å²) in [4.78, 5) is 15.5. The first-order chi connectivity index (χ1) is 14.1. The number of aliphatic hydroxyl groups excluding tert-OH is 1. The van der Waals surface area contributed by atoms with Gasteiger partial charge in [-0.05, 0) is 42.3 Å². The van der Waals surface area contributed by atoms with Gasteiger partial charge in [-0.25, -0.2) is 9.18 Å². The molecule has 1 saturated heterocycles. The van der Waals surface area contributed by atoms with E-state index in [9.17, 15) is 14.3 Å². The Morgan fingerprint density at radius 3 is 3.03 bits per heavy atom. The molecule has 0 bridgehead atoms. The fourth-order valence-corrected chi connectivity index (χ4v) is 4.09. The number of ether oxygens (including phenoxy) is 2. The first kappa shape index (κ1) is 20.1. The van der Waals surface area contributed by atoms with Gasteiger partial charge in [0.2, 0.25) is 0 Å². The largest absolute Gasteiger partial charge is 0.491 e. The Morgan fingerprint density at radius 1 is 1.41 bits per heavy atom. The molecule has 0 spiro atoms. The van der Waals surface area contributed by atoms with Crippen molar-refractivity contribution in [3.8, 4) is 5.75 Å². The Bertz CT molecular complexity index is 828. The number of halogens is 1. The monoisotopic (exact) mass is 420 g/mol. The van der Waals surface area contributed by atoms with Crippen LogP contribution in [0.4, 0.5) is 14.9 Å². The minimum atomic E-state index is -0.653. The van der Waals surface area contributed by atoms with E-state index in [1.807, 2.05) is 17.5 Å². The number of aliphatic hydroxyl groups is 1. The molecule has 2 N–H and O–H groups in total. The van der Waals surface area contributed by atoms with Crippen LogP contribution < -0.4 is 10.1 Å². The van der Waals surface area contributed by atoms with E-state index >= 15 is 0 Å². The van der Waals surface area contributed by atoms with Crippen LogP contribution in [-0.2, 0) is 4.74 Å². The van der Waals surface area contributed by atoms with Gasteiger partial charge in [0.05, 0.1) is 37.7 Å². The van der Waals surface area contributed by atoms with E-state index in [1.165, 1.54) is 29.5 Å². The van der Waals surface area contributed by atoms with Crippen molar-refractivity contribution in [3.63, 3.8) is 0 Å². The van der Waals surface area contributed by atoms with Crippen LogP contribution >= 0.6 is 11.3 Å². The summed E-state index contributed by atoms with van der Waals surface area (Å²) < 4.78 is 24.9. The molecule has 2 aromatic rings. The van der Waals surface area contributed by atoms with Crippen molar-refractivity contribution in [2.45, 2.75) is 31.4 Å². The Kier molecular flexibility index (Phi) is 6.32. The Labute approximate surface area is 173 Å². The molecule has 2 heterocycles. The fourth-order valence-electron chi connectivity index (χ4n) is 3.37. The van der Waals surface area contributed by atoms with Gasteiger partial charge in [-0.2, -0.15) is 0 Å². The lowest BCUT2D eigenvalue weighted by Gasteiger charge is -2.36. The van der Waals surface area contributed by atoms with Gasteiger partial charge in [0.1, 0.15) is 11.6 Å². The number of hydrogen-bond donors (Lipinski definition) is 2. The lowest BCUT2D eigenvalue weighted by Crippen LogP contribution is -2.50. The maximum Gasteiger partial charge on any atom is 0.322 e. The van der Waals surface area contributed by atoms with Crippen molar-refractivity contribution in [3.05, 3.63) is 46.4 Å². The van der Waals surface area contributed by atoms with E-state index in [0.717, 1.165) is 17.7 Å². The second kappa shape index (κ2) is 9.11. The number of morpholine rings is 1. The molecule has 156 valence electrons. The Morgan fingerprint density at radius 2 is 2.28 bits per heavy atom. The highest BCUT2D eigenvalue weighted by molar-refractivity contribution is 7.10. The number of amides is 2. The smallest absolute Gasteiger partial charge is 0.322 e. The quantitative estimate of drug-likeness (QED) is 0.709. The molecular formula is C21H25FN2O4S. The molecule has 1 saturated carbocycles. The van der Waals surface area contributed by atoms with Crippen LogP contribution in [0.2, 0.25) is 0 Å². The van der Waals surface area contributed by atoms with Gasteiger partial charge >= 0.3 is 6.03 Å².